The van der Waals surface area contributed by atoms with Crippen molar-refractivity contribution in [2.45, 2.75) is 19.8 Å². The lowest BCUT2D eigenvalue weighted by Gasteiger charge is -2.13. The number of hydrogen-bond acceptors (Lipinski definition) is 1. The molecule has 0 saturated heterocycles. The molecule has 2 aromatic carbocycles. The number of rotatable bonds is 2. The van der Waals surface area contributed by atoms with Gasteiger partial charge in [0.2, 0.25) is 0 Å². The molecular formula is C15H16FN. The van der Waals surface area contributed by atoms with Crippen molar-refractivity contribution in [3.8, 4) is 11.1 Å². The number of nitrogens with two attached hydrogens (primary N) is 1. The molecule has 0 radical (unpaired) electrons. The van der Waals surface area contributed by atoms with Crippen LogP contribution in [0.3, 0.4) is 0 Å². The maximum Gasteiger partial charge on any atom is 0.146 e. The third-order valence-corrected chi connectivity index (χ3v) is 2.89. The normalized spacial score (nSPS) is 10.8. The first-order chi connectivity index (χ1) is 8.09. The summed E-state index contributed by atoms with van der Waals surface area (Å²) in [6.45, 7) is 4.26. The van der Waals surface area contributed by atoms with E-state index < -0.39 is 0 Å². The largest absolute Gasteiger partial charge is 0.396 e. The van der Waals surface area contributed by atoms with Crippen LogP contribution in [0.25, 0.3) is 11.1 Å². The van der Waals surface area contributed by atoms with Gasteiger partial charge in [-0.1, -0.05) is 44.2 Å². The maximum atomic E-state index is 13.5. The summed E-state index contributed by atoms with van der Waals surface area (Å²) >= 11 is 0. The topological polar surface area (TPSA) is 26.0 Å². The fourth-order valence-corrected chi connectivity index (χ4v) is 1.96. The van der Waals surface area contributed by atoms with Crippen molar-refractivity contribution in [1.29, 1.82) is 0 Å². The van der Waals surface area contributed by atoms with Crippen LogP contribution in [0, 0.1) is 5.82 Å². The molecular weight excluding hydrogens is 213 g/mol. The number of anilines is 1. The molecule has 0 saturated carbocycles. The van der Waals surface area contributed by atoms with Gasteiger partial charge in [-0.05, 0) is 34.7 Å². The van der Waals surface area contributed by atoms with Crippen molar-refractivity contribution in [3.63, 3.8) is 0 Å². The van der Waals surface area contributed by atoms with E-state index in [9.17, 15) is 4.39 Å². The van der Waals surface area contributed by atoms with Crippen molar-refractivity contribution in [2.24, 2.45) is 0 Å². The van der Waals surface area contributed by atoms with E-state index in [4.69, 9.17) is 5.73 Å². The van der Waals surface area contributed by atoms with E-state index in [1.807, 2.05) is 24.3 Å². The Morgan fingerprint density at radius 3 is 2.41 bits per heavy atom. The molecule has 2 rings (SSSR count). The maximum absolute atomic E-state index is 13.5. The van der Waals surface area contributed by atoms with Crippen molar-refractivity contribution in [2.75, 3.05) is 5.73 Å². The van der Waals surface area contributed by atoms with Gasteiger partial charge in [-0.15, -0.1) is 0 Å². The minimum absolute atomic E-state index is 0.191. The summed E-state index contributed by atoms with van der Waals surface area (Å²) in [5.41, 5.74) is 8.85. The van der Waals surface area contributed by atoms with Crippen LogP contribution in [-0.2, 0) is 0 Å². The minimum atomic E-state index is -0.360. The molecule has 0 aliphatic rings. The van der Waals surface area contributed by atoms with Crippen molar-refractivity contribution < 1.29 is 4.39 Å². The summed E-state index contributed by atoms with van der Waals surface area (Å²) in [6.07, 6.45) is 0. The summed E-state index contributed by atoms with van der Waals surface area (Å²) in [5.74, 6) is 0.0490. The van der Waals surface area contributed by atoms with Gasteiger partial charge in [0.25, 0.3) is 0 Å². The third-order valence-electron chi connectivity index (χ3n) is 2.89. The Labute approximate surface area is 101 Å². The fraction of sp³-hybridized carbons (Fsp3) is 0.200. The molecule has 0 unspecified atom stereocenters. The van der Waals surface area contributed by atoms with Gasteiger partial charge in [0.1, 0.15) is 5.82 Å². The molecule has 0 aromatic heterocycles. The predicted octanol–water partition coefficient (Wildman–Crippen LogP) is 4.20. The Morgan fingerprint density at radius 2 is 1.76 bits per heavy atom. The second kappa shape index (κ2) is 4.58. The first-order valence-electron chi connectivity index (χ1n) is 5.74. The van der Waals surface area contributed by atoms with E-state index in [0.29, 0.717) is 5.92 Å². The standard InChI is InChI=1S/C15H16FN/c1-10(2)12-5-3-4-6-13(12)11-7-8-15(17)14(16)9-11/h3-10H,17H2,1-2H3. The van der Waals surface area contributed by atoms with Crippen LogP contribution in [0.5, 0.6) is 0 Å². The van der Waals surface area contributed by atoms with Crippen molar-refractivity contribution in [1.82, 2.24) is 0 Å². The first kappa shape index (κ1) is 11.6. The second-order valence-electron chi connectivity index (χ2n) is 4.48. The molecule has 0 spiro atoms. The van der Waals surface area contributed by atoms with E-state index >= 15 is 0 Å². The Kier molecular flexibility index (Phi) is 3.14. The third kappa shape index (κ3) is 2.31. The summed E-state index contributed by atoms with van der Waals surface area (Å²) in [5, 5.41) is 0. The summed E-state index contributed by atoms with van der Waals surface area (Å²) < 4.78 is 13.5. The molecule has 2 N–H and O–H groups in total. The number of halogens is 1. The highest BCUT2D eigenvalue weighted by Gasteiger charge is 2.09. The van der Waals surface area contributed by atoms with Crippen LogP contribution in [-0.4, -0.2) is 0 Å². The lowest BCUT2D eigenvalue weighted by atomic mass is 9.92. The summed E-state index contributed by atoms with van der Waals surface area (Å²) in [4.78, 5) is 0. The molecule has 0 fully saturated rings. The molecule has 88 valence electrons. The lowest BCUT2D eigenvalue weighted by molar-refractivity contribution is 0.633. The van der Waals surface area contributed by atoms with Gasteiger partial charge in [0, 0.05) is 0 Å². The van der Waals surface area contributed by atoms with Gasteiger partial charge >= 0.3 is 0 Å². The van der Waals surface area contributed by atoms with Crippen molar-refractivity contribution in [3.05, 3.63) is 53.8 Å². The van der Waals surface area contributed by atoms with E-state index in [2.05, 4.69) is 19.9 Å². The van der Waals surface area contributed by atoms with Crippen molar-refractivity contribution >= 4 is 5.69 Å². The second-order valence-corrected chi connectivity index (χ2v) is 4.48. The number of benzene rings is 2. The molecule has 0 aliphatic heterocycles. The van der Waals surface area contributed by atoms with E-state index in [0.717, 1.165) is 11.1 Å². The van der Waals surface area contributed by atoms with Crippen LogP contribution in [0.1, 0.15) is 25.3 Å². The molecule has 17 heavy (non-hydrogen) atoms. The molecule has 0 aliphatic carbocycles. The average Bonchev–Trinajstić information content (AvgIpc) is 2.32. The first-order valence-corrected chi connectivity index (χ1v) is 5.74. The zero-order chi connectivity index (χ0) is 12.4. The Morgan fingerprint density at radius 1 is 1.06 bits per heavy atom. The average molecular weight is 229 g/mol. The SMILES string of the molecule is CC(C)c1ccccc1-c1ccc(N)c(F)c1. The predicted molar refractivity (Wildman–Crippen MR) is 70.3 cm³/mol. The van der Waals surface area contributed by atoms with Gasteiger partial charge < -0.3 is 5.73 Å². The Balaban J connectivity index is 2.56. The smallest absolute Gasteiger partial charge is 0.146 e. The molecule has 0 bridgehead atoms. The minimum Gasteiger partial charge on any atom is -0.396 e. The highest BCUT2D eigenvalue weighted by atomic mass is 19.1. The Hall–Kier alpha value is -1.83. The fourth-order valence-electron chi connectivity index (χ4n) is 1.96. The van der Waals surface area contributed by atoms with Gasteiger partial charge in [-0.3, -0.25) is 0 Å². The van der Waals surface area contributed by atoms with Gasteiger partial charge in [0.15, 0.2) is 0 Å². The van der Waals surface area contributed by atoms with Crippen LogP contribution in [0.4, 0.5) is 10.1 Å². The molecule has 0 heterocycles. The van der Waals surface area contributed by atoms with Crippen LogP contribution < -0.4 is 5.73 Å². The zero-order valence-corrected chi connectivity index (χ0v) is 10.1. The summed E-state index contributed by atoms with van der Waals surface area (Å²) in [7, 11) is 0. The quantitative estimate of drug-likeness (QED) is 0.767. The summed E-state index contributed by atoms with van der Waals surface area (Å²) in [6, 6.07) is 13.0. The molecule has 0 amide bonds. The highest BCUT2D eigenvalue weighted by molar-refractivity contribution is 5.69. The molecule has 1 nitrogen and oxygen atoms in total. The zero-order valence-electron chi connectivity index (χ0n) is 10.1. The Bertz CT molecular complexity index is 532. The monoisotopic (exact) mass is 229 g/mol. The van der Waals surface area contributed by atoms with E-state index in [1.54, 1.807) is 6.07 Å². The number of nitrogen functional groups attached to an aromatic ring is 1. The molecule has 0 atom stereocenters. The van der Waals surface area contributed by atoms with E-state index in [1.165, 1.54) is 11.6 Å². The van der Waals surface area contributed by atoms with Gasteiger partial charge in [-0.2, -0.15) is 0 Å². The lowest BCUT2D eigenvalue weighted by Crippen LogP contribution is -1.94. The van der Waals surface area contributed by atoms with Gasteiger partial charge in [0.05, 0.1) is 5.69 Å². The molecule has 2 aromatic rings. The number of hydrogen-bond donors (Lipinski definition) is 1. The van der Waals surface area contributed by atoms with Crippen LogP contribution in [0.2, 0.25) is 0 Å². The molecule has 2 heteroatoms. The van der Waals surface area contributed by atoms with Gasteiger partial charge in [-0.25, -0.2) is 4.39 Å². The van der Waals surface area contributed by atoms with E-state index in [-0.39, 0.29) is 11.5 Å². The highest BCUT2D eigenvalue weighted by Crippen LogP contribution is 2.30. The van der Waals surface area contributed by atoms with Crippen LogP contribution in [0.15, 0.2) is 42.5 Å². The van der Waals surface area contributed by atoms with Crippen LogP contribution >= 0.6 is 0 Å².